The zero-order valence-corrected chi connectivity index (χ0v) is 15.8. The molecule has 0 aliphatic heterocycles. The third kappa shape index (κ3) is 5.93. The Kier molecular flexibility index (Phi) is 8.83. The first-order valence-corrected chi connectivity index (χ1v) is 7.14. The van der Waals surface area contributed by atoms with Crippen molar-refractivity contribution in [2.45, 2.75) is 6.29 Å². The van der Waals surface area contributed by atoms with Crippen molar-refractivity contribution < 1.29 is 42.8 Å². The molecule has 0 unspecified atom stereocenters. The Morgan fingerprint density at radius 2 is 1.70 bits per heavy atom. The van der Waals surface area contributed by atoms with Crippen LogP contribution >= 0.6 is 0 Å². The first-order valence-electron chi connectivity index (χ1n) is 7.14. The summed E-state index contributed by atoms with van der Waals surface area (Å²) < 4.78 is 18.1. The summed E-state index contributed by atoms with van der Waals surface area (Å²) in [5.74, 6) is 0.802. The van der Waals surface area contributed by atoms with Crippen LogP contribution in [0.1, 0.15) is 11.3 Å². The van der Waals surface area contributed by atoms with E-state index in [9.17, 15) is 0 Å². The van der Waals surface area contributed by atoms with Crippen molar-refractivity contribution in [1.29, 1.82) is 0 Å². The number of aryl methyl sites for hydroxylation is 1. The van der Waals surface area contributed by atoms with Crippen LogP contribution in [-0.4, -0.2) is 27.1 Å². The highest BCUT2D eigenvalue weighted by Crippen LogP contribution is 2.20. The Bertz CT molecular complexity index is 627. The molecule has 0 saturated heterocycles. The molecule has 5 heteroatoms. The lowest BCUT2D eigenvalue weighted by Gasteiger charge is -2.15. The number of pyridine rings is 1. The van der Waals surface area contributed by atoms with E-state index in [0.29, 0.717) is 6.61 Å². The van der Waals surface area contributed by atoms with E-state index in [2.05, 4.69) is 16.7 Å². The van der Waals surface area contributed by atoms with Crippen LogP contribution in [0.5, 0.6) is 5.75 Å². The number of para-hydroxylation sites is 1. The molecule has 0 spiro atoms. The van der Waals surface area contributed by atoms with Crippen LogP contribution in [0.15, 0.2) is 48.7 Å². The molecule has 0 bridgehead atoms. The lowest BCUT2D eigenvalue weighted by atomic mass is 10.1. The van der Waals surface area contributed by atoms with Gasteiger partial charge in [-0.2, -0.15) is 0 Å². The van der Waals surface area contributed by atoms with Crippen LogP contribution < -0.4 is 33.3 Å². The molecule has 0 N–H and O–H groups in total. The SMILES string of the molecule is COC(COc1ccccc1/C=C/c1cccc[n+]1C)OC.[I-]. The number of hydrogen-bond acceptors (Lipinski definition) is 3. The first kappa shape index (κ1) is 19.6. The van der Waals surface area contributed by atoms with E-state index < -0.39 is 0 Å². The quantitative estimate of drug-likeness (QED) is 0.345. The van der Waals surface area contributed by atoms with Gasteiger partial charge in [-0.05, 0) is 18.2 Å². The minimum Gasteiger partial charge on any atom is -1.00 e. The Morgan fingerprint density at radius 3 is 2.39 bits per heavy atom. The number of aromatic nitrogens is 1. The molecule has 0 saturated carbocycles. The minimum atomic E-state index is -0.371. The highest BCUT2D eigenvalue weighted by Gasteiger charge is 2.08. The fourth-order valence-electron chi connectivity index (χ4n) is 2.02. The molecule has 4 nitrogen and oxygen atoms in total. The second-order valence-corrected chi connectivity index (χ2v) is 4.82. The lowest BCUT2D eigenvalue weighted by Crippen LogP contribution is -3.00. The van der Waals surface area contributed by atoms with Crippen molar-refractivity contribution in [3.8, 4) is 5.75 Å². The summed E-state index contributed by atoms with van der Waals surface area (Å²) in [5, 5.41) is 0. The molecule has 0 fully saturated rings. The van der Waals surface area contributed by atoms with Gasteiger partial charge in [-0.3, -0.25) is 0 Å². The fourth-order valence-corrected chi connectivity index (χ4v) is 2.02. The van der Waals surface area contributed by atoms with E-state index >= 15 is 0 Å². The molecule has 23 heavy (non-hydrogen) atoms. The predicted octanol–water partition coefficient (Wildman–Crippen LogP) is -0.317. The molecule has 2 rings (SSSR count). The second-order valence-electron chi connectivity index (χ2n) is 4.82. The van der Waals surface area contributed by atoms with Gasteiger partial charge in [0.05, 0.1) is 0 Å². The fraction of sp³-hybridized carbons (Fsp3) is 0.278. The zero-order chi connectivity index (χ0) is 15.8. The topological polar surface area (TPSA) is 31.6 Å². The maximum atomic E-state index is 5.79. The van der Waals surface area contributed by atoms with Crippen LogP contribution in [0, 0.1) is 0 Å². The minimum absolute atomic E-state index is 0. The van der Waals surface area contributed by atoms with Crippen molar-refractivity contribution in [2.24, 2.45) is 7.05 Å². The smallest absolute Gasteiger partial charge is 0.204 e. The van der Waals surface area contributed by atoms with E-state index in [4.69, 9.17) is 14.2 Å². The Balaban J connectivity index is 0.00000264. The summed E-state index contributed by atoms with van der Waals surface area (Å²) in [4.78, 5) is 0. The van der Waals surface area contributed by atoms with Gasteiger partial charge in [0.2, 0.25) is 5.69 Å². The van der Waals surface area contributed by atoms with Gasteiger partial charge in [0.1, 0.15) is 19.4 Å². The van der Waals surface area contributed by atoms with E-state index in [1.54, 1.807) is 14.2 Å². The number of rotatable bonds is 7. The standard InChI is InChI=1S/C18H22NO3.HI/c1-19-13-7-6-9-16(19)12-11-15-8-4-5-10-17(15)22-14-18(20-2)21-3;/h4-13,18H,14H2,1-3H3;1H/q+1;/p-1/b12-11+;. The highest BCUT2D eigenvalue weighted by molar-refractivity contribution is 5.70. The van der Waals surface area contributed by atoms with E-state index in [1.807, 2.05) is 55.7 Å². The van der Waals surface area contributed by atoms with Gasteiger partial charge in [0, 0.05) is 38.0 Å². The molecular weight excluding hydrogens is 405 g/mol. The molecule has 1 aromatic carbocycles. The summed E-state index contributed by atoms with van der Waals surface area (Å²) in [7, 11) is 5.21. The summed E-state index contributed by atoms with van der Waals surface area (Å²) in [6.07, 6.45) is 5.75. The van der Waals surface area contributed by atoms with Gasteiger partial charge in [-0.1, -0.05) is 18.2 Å². The Hall–Kier alpha value is -1.44. The van der Waals surface area contributed by atoms with E-state index in [0.717, 1.165) is 17.0 Å². The number of nitrogens with zero attached hydrogens (tertiary/aromatic N) is 1. The average Bonchev–Trinajstić information content (AvgIpc) is 2.56. The summed E-state index contributed by atoms with van der Waals surface area (Å²) in [6.45, 7) is 0.344. The molecule has 0 radical (unpaired) electrons. The normalized spacial score (nSPS) is 10.8. The number of hydrogen-bond donors (Lipinski definition) is 0. The van der Waals surface area contributed by atoms with E-state index in [-0.39, 0.29) is 30.3 Å². The van der Waals surface area contributed by atoms with Gasteiger partial charge in [-0.15, -0.1) is 0 Å². The van der Waals surface area contributed by atoms with Gasteiger partial charge in [-0.25, -0.2) is 4.57 Å². The third-order valence-electron chi connectivity index (χ3n) is 3.35. The Morgan fingerprint density at radius 1 is 1.00 bits per heavy atom. The van der Waals surface area contributed by atoms with Crippen molar-refractivity contribution in [2.75, 3.05) is 20.8 Å². The molecule has 0 amide bonds. The Labute approximate surface area is 154 Å². The lowest BCUT2D eigenvalue weighted by molar-refractivity contribution is -0.673. The van der Waals surface area contributed by atoms with Crippen LogP contribution in [0.3, 0.4) is 0 Å². The summed E-state index contributed by atoms with van der Waals surface area (Å²) in [6, 6.07) is 14.0. The van der Waals surface area contributed by atoms with Gasteiger partial charge < -0.3 is 38.2 Å². The highest BCUT2D eigenvalue weighted by atomic mass is 127. The first-order chi connectivity index (χ1) is 10.7. The van der Waals surface area contributed by atoms with Crippen LogP contribution in [0.4, 0.5) is 0 Å². The largest absolute Gasteiger partial charge is 1.00 e. The molecule has 1 aromatic heterocycles. The van der Waals surface area contributed by atoms with Crippen molar-refractivity contribution in [3.05, 3.63) is 59.9 Å². The maximum Gasteiger partial charge on any atom is 0.204 e. The van der Waals surface area contributed by atoms with Gasteiger partial charge >= 0.3 is 0 Å². The monoisotopic (exact) mass is 427 g/mol. The van der Waals surface area contributed by atoms with E-state index in [1.165, 1.54) is 0 Å². The van der Waals surface area contributed by atoms with Crippen LogP contribution in [0.25, 0.3) is 12.2 Å². The molecular formula is C18H22INO3. The number of benzene rings is 1. The van der Waals surface area contributed by atoms with Crippen molar-refractivity contribution >= 4 is 12.2 Å². The number of ether oxygens (including phenoxy) is 3. The summed E-state index contributed by atoms with van der Waals surface area (Å²) in [5.41, 5.74) is 2.13. The van der Waals surface area contributed by atoms with Gasteiger partial charge in [0.15, 0.2) is 12.5 Å². The molecule has 0 aliphatic carbocycles. The van der Waals surface area contributed by atoms with Gasteiger partial charge in [0.25, 0.3) is 0 Å². The zero-order valence-electron chi connectivity index (χ0n) is 13.6. The molecule has 0 atom stereocenters. The summed E-state index contributed by atoms with van der Waals surface area (Å²) >= 11 is 0. The number of halogens is 1. The third-order valence-corrected chi connectivity index (χ3v) is 3.35. The molecule has 124 valence electrons. The predicted molar refractivity (Wildman–Crippen MR) is 86.3 cm³/mol. The van der Waals surface area contributed by atoms with Crippen LogP contribution in [-0.2, 0) is 16.5 Å². The molecule has 2 aromatic rings. The van der Waals surface area contributed by atoms with Crippen LogP contribution in [0.2, 0.25) is 0 Å². The number of methoxy groups -OCH3 is 2. The average molecular weight is 427 g/mol. The van der Waals surface area contributed by atoms with Crippen molar-refractivity contribution in [1.82, 2.24) is 0 Å². The maximum absolute atomic E-state index is 5.79. The molecule has 1 heterocycles. The second kappa shape index (κ2) is 10.4. The van der Waals surface area contributed by atoms with Crippen molar-refractivity contribution in [3.63, 3.8) is 0 Å². The molecule has 0 aliphatic rings.